The molecule has 1 aromatic carbocycles. The number of alkyl halides is 4. The maximum atomic E-state index is 13.0. The molecule has 0 aliphatic heterocycles. The molecule has 0 radical (unpaired) electrons. The van der Waals surface area contributed by atoms with Crippen LogP contribution in [0.15, 0.2) is 39.6 Å². The number of benzene rings is 1. The predicted octanol–water partition coefficient (Wildman–Crippen LogP) is 4.40. The van der Waals surface area contributed by atoms with Gasteiger partial charge in [0.2, 0.25) is 0 Å². The van der Waals surface area contributed by atoms with Crippen molar-refractivity contribution in [3.8, 4) is 0 Å². The molecular weight excluding hydrogens is 441 g/mol. The second-order valence-corrected chi connectivity index (χ2v) is 6.44. The Morgan fingerprint density at radius 3 is 2.39 bits per heavy atom. The van der Waals surface area contributed by atoms with Crippen molar-refractivity contribution in [2.24, 2.45) is 0 Å². The lowest BCUT2D eigenvalue weighted by molar-refractivity contribution is -0.142. The van der Waals surface area contributed by atoms with Gasteiger partial charge in [0.25, 0.3) is 5.56 Å². The van der Waals surface area contributed by atoms with Crippen molar-refractivity contribution in [2.45, 2.75) is 25.6 Å². The molecule has 0 bridgehead atoms. The fraction of sp³-hybridized carbons (Fsp3) is 0.333. The van der Waals surface area contributed by atoms with Crippen molar-refractivity contribution in [1.82, 2.24) is 9.55 Å². The van der Waals surface area contributed by atoms with Gasteiger partial charge in [-0.25, -0.2) is 4.98 Å². The maximum Gasteiger partial charge on any atom is 0.434 e. The lowest BCUT2D eigenvalue weighted by Crippen LogP contribution is -2.30. The monoisotopic (exact) mass is 452 g/mol. The molecule has 0 aliphatic rings. The van der Waals surface area contributed by atoms with Gasteiger partial charge in [-0.05, 0) is 27.9 Å². The zero-order chi connectivity index (χ0) is 17.0. The molecular formula is C15H13Br2F3N2O. The van der Waals surface area contributed by atoms with Crippen molar-refractivity contribution < 1.29 is 13.2 Å². The van der Waals surface area contributed by atoms with Crippen LogP contribution in [0.25, 0.3) is 0 Å². The van der Waals surface area contributed by atoms with E-state index in [1.165, 1.54) is 4.57 Å². The minimum atomic E-state index is -4.67. The van der Waals surface area contributed by atoms with Gasteiger partial charge < -0.3 is 0 Å². The third-order valence-electron chi connectivity index (χ3n) is 3.18. The molecule has 1 aromatic heterocycles. The van der Waals surface area contributed by atoms with E-state index in [4.69, 9.17) is 0 Å². The highest BCUT2D eigenvalue weighted by Gasteiger charge is 2.37. The standard InChI is InChI=1S/C15H13Br2F3N2O/c16-8-4-7-11-21-13(15(18,19)20)12(17)14(23)22(11)9-10-5-2-1-3-6-10/h1-3,5-6H,4,7-9H2. The molecule has 0 atom stereocenters. The summed E-state index contributed by atoms with van der Waals surface area (Å²) in [5.41, 5.74) is -1.07. The van der Waals surface area contributed by atoms with E-state index in [1.54, 1.807) is 0 Å². The third kappa shape index (κ3) is 4.44. The second-order valence-electron chi connectivity index (χ2n) is 4.86. The quantitative estimate of drug-likeness (QED) is 0.629. The van der Waals surface area contributed by atoms with Gasteiger partial charge in [-0.15, -0.1) is 0 Å². The zero-order valence-electron chi connectivity index (χ0n) is 11.9. The average molecular weight is 454 g/mol. The highest BCUT2D eigenvalue weighted by Crippen LogP contribution is 2.31. The van der Waals surface area contributed by atoms with Gasteiger partial charge in [-0.2, -0.15) is 13.2 Å². The van der Waals surface area contributed by atoms with Crippen LogP contribution in [0.5, 0.6) is 0 Å². The van der Waals surface area contributed by atoms with Crippen LogP contribution in [0.2, 0.25) is 0 Å². The molecule has 3 nitrogen and oxygen atoms in total. The van der Waals surface area contributed by atoms with E-state index in [1.807, 2.05) is 30.3 Å². The first-order valence-electron chi connectivity index (χ1n) is 6.81. The molecule has 0 N–H and O–H groups in total. The van der Waals surface area contributed by atoms with E-state index < -0.39 is 21.9 Å². The lowest BCUT2D eigenvalue weighted by atomic mass is 10.2. The topological polar surface area (TPSA) is 34.9 Å². The molecule has 0 aliphatic carbocycles. The van der Waals surface area contributed by atoms with E-state index >= 15 is 0 Å². The molecule has 0 unspecified atom stereocenters. The van der Waals surface area contributed by atoms with Crippen molar-refractivity contribution in [1.29, 1.82) is 0 Å². The number of hydrogen-bond acceptors (Lipinski definition) is 2. The van der Waals surface area contributed by atoms with Crippen molar-refractivity contribution in [3.05, 3.63) is 62.2 Å². The maximum absolute atomic E-state index is 13.0. The number of hydrogen-bond donors (Lipinski definition) is 0. The Morgan fingerprint density at radius 2 is 1.83 bits per heavy atom. The second kappa shape index (κ2) is 7.61. The van der Waals surface area contributed by atoms with Gasteiger partial charge in [0.05, 0.1) is 6.54 Å². The van der Waals surface area contributed by atoms with E-state index in [0.29, 0.717) is 11.8 Å². The first kappa shape index (κ1) is 18.2. The van der Waals surface area contributed by atoms with Gasteiger partial charge in [0.15, 0.2) is 5.69 Å². The fourth-order valence-corrected chi connectivity index (χ4v) is 2.92. The van der Waals surface area contributed by atoms with Crippen molar-refractivity contribution in [2.75, 3.05) is 5.33 Å². The smallest absolute Gasteiger partial charge is 0.291 e. The number of halogens is 5. The number of rotatable bonds is 5. The van der Waals surface area contributed by atoms with E-state index in [-0.39, 0.29) is 18.8 Å². The number of nitrogens with zero attached hydrogens (tertiary/aromatic N) is 2. The Bertz CT molecular complexity index is 730. The van der Waals surface area contributed by atoms with Gasteiger partial charge in [0, 0.05) is 11.8 Å². The third-order valence-corrected chi connectivity index (χ3v) is 4.45. The number of aromatic nitrogens is 2. The van der Waals surface area contributed by atoms with Crippen LogP contribution < -0.4 is 5.56 Å². The SMILES string of the molecule is O=c1c(Br)c(C(F)(F)F)nc(CCCBr)n1Cc1ccccc1. The van der Waals surface area contributed by atoms with E-state index in [0.717, 1.165) is 5.56 Å². The molecule has 0 fully saturated rings. The normalized spacial score (nSPS) is 11.7. The molecule has 0 spiro atoms. The van der Waals surface area contributed by atoms with Crippen molar-refractivity contribution in [3.63, 3.8) is 0 Å². The van der Waals surface area contributed by atoms with Gasteiger partial charge >= 0.3 is 6.18 Å². The van der Waals surface area contributed by atoms with Gasteiger partial charge in [0.1, 0.15) is 10.3 Å². The van der Waals surface area contributed by atoms with E-state index in [9.17, 15) is 18.0 Å². The van der Waals surface area contributed by atoms with Crippen LogP contribution >= 0.6 is 31.9 Å². The predicted molar refractivity (Wildman–Crippen MR) is 88.9 cm³/mol. The molecule has 23 heavy (non-hydrogen) atoms. The van der Waals surface area contributed by atoms with Gasteiger partial charge in [-0.3, -0.25) is 9.36 Å². The molecule has 0 saturated heterocycles. The Labute approximate surface area is 147 Å². The Hall–Kier alpha value is -1.15. The highest BCUT2D eigenvalue weighted by molar-refractivity contribution is 9.10. The molecule has 2 rings (SSSR count). The lowest BCUT2D eigenvalue weighted by Gasteiger charge is -2.16. The van der Waals surface area contributed by atoms with Crippen LogP contribution in [0, 0.1) is 0 Å². The van der Waals surface area contributed by atoms with Crippen LogP contribution in [0.4, 0.5) is 13.2 Å². The molecule has 0 saturated carbocycles. The highest BCUT2D eigenvalue weighted by atomic mass is 79.9. The molecule has 8 heteroatoms. The minimum Gasteiger partial charge on any atom is -0.291 e. The Morgan fingerprint density at radius 1 is 1.17 bits per heavy atom. The Kier molecular flexibility index (Phi) is 6.02. The summed E-state index contributed by atoms with van der Waals surface area (Å²) in [6.07, 6.45) is -3.81. The summed E-state index contributed by atoms with van der Waals surface area (Å²) in [6.45, 7) is 0.182. The summed E-state index contributed by atoms with van der Waals surface area (Å²) in [5, 5.41) is 0.617. The van der Waals surface area contributed by atoms with Crippen LogP contribution in [-0.2, 0) is 19.1 Å². The largest absolute Gasteiger partial charge is 0.434 e. The first-order chi connectivity index (χ1) is 10.8. The van der Waals surface area contributed by atoms with E-state index in [2.05, 4.69) is 36.8 Å². The summed E-state index contributed by atoms with van der Waals surface area (Å²) in [4.78, 5) is 16.1. The minimum absolute atomic E-state index is 0.133. The summed E-state index contributed by atoms with van der Waals surface area (Å²) < 4.78 is 39.9. The average Bonchev–Trinajstić information content (AvgIpc) is 2.51. The van der Waals surface area contributed by atoms with Crippen molar-refractivity contribution >= 4 is 31.9 Å². The van der Waals surface area contributed by atoms with Crippen LogP contribution in [0.1, 0.15) is 23.5 Å². The summed E-state index contributed by atoms with van der Waals surface area (Å²) >= 11 is 6.00. The molecule has 0 amide bonds. The van der Waals surface area contributed by atoms with Gasteiger partial charge in [-0.1, -0.05) is 46.3 Å². The molecule has 124 valence electrons. The zero-order valence-corrected chi connectivity index (χ0v) is 15.1. The fourth-order valence-electron chi connectivity index (χ4n) is 2.11. The molecule has 2 aromatic rings. The van der Waals surface area contributed by atoms with Crippen LogP contribution in [-0.4, -0.2) is 14.9 Å². The van der Waals surface area contributed by atoms with Crippen LogP contribution in [0.3, 0.4) is 0 Å². The number of aryl methyl sites for hydroxylation is 1. The summed E-state index contributed by atoms with van der Waals surface area (Å²) in [6, 6.07) is 9.08. The summed E-state index contributed by atoms with van der Waals surface area (Å²) in [7, 11) is 0. The summed E-state index contributed by atoms with van der Waals surface area (Å²) in [5.74, 6) is 0.133. The molecule has 1 heterocycles. The Balaban J connectivity index is 2.55. The first-order valence-corrected chi connectivity index (χ1v) is 8.72.